The Kier molecular flexibility index (Phi) is 4.68. The van der Waals surface area contributed by atoms with E-state index in [1.54, 1.807) is 0 Å². The largest absolute Gasteiger partial charge is 0.378 e. The zero-order valence-electron chi connectivity index (χ0n) is 16.0. The van der Waals surface area contributed by atoms with Gasteiger partial charge >= 0.3 is 0 Å². The number of morpholine rings is 1. The SMILES string of the molecule is CC1(C)Nc2cc(Nc3ccc(C(=O)N4CCOCC4)cc3)ccc2NC1=O. The van der Waals surface area contributed by atoms with Gasteiger partial charge in [0.15, 0.2) is 0 Å². The third-order valence-electron chi connectivity index (χ3n) is 5.00. The van der Waals surface area contributed by atoms with Crippen molar-refractivity contribution >= 4 is 34.6 Å². The lowest BCUT2D eigenvalue weighted by Gasteiger charge is -2.33. The highest BCUT2D eigenvalue weighted by Gasteiger charge is 2.32. The summed E-state index contributed by atoms with van der Waals surface area (Å²) in [6, 6.07) is 13.2. The number of benzene rings is 2. The highest BCUT2D eigenvalue weighted by Crippen LogP contribution is 2.33. The fourth-order valence-corrected chi connectivity index (χ4v) is 3.32. The van der Waals surface area contributed by atoms with E-state index in [4.69, 9.17) is 4.74 Å². The third kappa shape index (κ3) is 3.66. The van der Waals surface area contributed by atoms with Gasteiger partial charge in [-0.2, -0.15) is 0 Å². The number of ether oxygens (including phenoxy) is 1. The minimum absolute atomic E-state index is 0.0332. The van der Waals surface area contributed by atoms with E-state index in [9.17, 15) is 9.59 Å². The van der Waals surface area contributed by atoms with Crippen LogP contribution in [0, 0.1) is 0 Å². The molecule has 0 aliphatic carbocycles. The van der Waals surface area contributed by atoms with Crippen LogP contribution in [0.2, 0.25) is 0 Å². The summed E-state index contributed by atoms with van der Waals surface area (Å²) in [5.41, 5.74) is 3.43. The summed E-state index contributed by atoms with van der Waals surface area (Å²) in [6.07, 6.45) is 0. The summed E-state index contributed by atoms with van der Waals surface area (Å²) in [4.78, 5) is 26.4. The molecule has 2 aromatic carbocycles. The van der Waals surface area contributed by atoms with E-state index in [1.807, 2.05) is 61.2 Å². The fourth-order valence-electron chi connectivity index (χ4n) is 3.32. The molecule has 146 valence electrons. The molecule has 0 radical (unpaired) electrons. The van der Waals surface area contributed by atoms with Gasteiger partial charge in [0.1, 0.15) is 5.54 Å². The molecule has 2 aliphatic rings. The van der Waals surface area contributed by atoms with Crippen LogP contribution < -0.4 is 16.0 Å². The fraction of sp³-hybridized carbons (Fsp3) is 0.333. The van der Waals surface area contributed by atoms with Crippen LogP contribution in [0.4, 0.5) is 22.7 Å². The molecule has 2 heterocycles. The highest BCUT2D eigenvalue weighted by molar-refractivity contribution is 6.06. The van der Waals surface area contributed by atoms with Crippen LogP contribution in [0.25, 0.3) is 0 Å². The lowest BCUT2D eigenvalue weighted by Crippen LogP contribution is -2.47. The van der Waals surface area contributed by atoms with Gasteiger partial charge in [0.25, 0.3) is 5.91 Å². The second-order valence-corrected chi connectivity index (χ2v) is 7.57. The highest BCUT2D eigenvalue weighted by atomic mass is 16.5. The number of carbonyl (C=O) groups is 2. The summed E-state index contributed by atoms with van der Waals surface area (Å²) < 4.78 is 5.30. The summed E-state index contributed by atoms with van der Waals surface area (Å²) in [5.74, 6) is -0.0213. The molecule has 0 aromatic heterocycles. The first-order chi connectivity index (χ1) is 13.4. The van der Waals surface area contributed by atoms with Gasteiger partial charge in [-0.05, 0) is 56.3 Å². The maximum atomic E-state index is 12.5. The average molecular weight is 380 g/mol. The molecule has 2 aromatic rings. The van der Waals surface area contributed by atoms with Crippen molar-refractivity contribution in [3.8, 4) is 0 Å². The number of nitrogens with zero attached hydrogens (tertiary/aromatic N) is 1. The van der Waals surface area contributed by atoms with E-state index in [1.165, 1.54) is 0 Å². The number of nitrogens with one attached hydrogen (secondary N) is 3. The molecule has 4 rings (SSSR count). The van der Waals surface area contributed by atoms with Crippen LogP contribution in [0.15, 0.2) is 42.5 Å². The Hall–Kier alpha value is -3.06. The monoisotopic (exact) mass is 380 g/mol. The van der Waals surface area contributed by atoms with Crippen molar-refractivity contribution < 1.29 is 14.3 Å². The topological polar surface area (TPSA) is 82.7 Å². The Balaban J connectivity index is 1.46. The summed E-state index contributed by atoms with van der Waals surface area (Å²) in [7, 11) is 0. The van der Waals surface area contributed by atoms with Crippen molar-refractivity contribution in [2.75, 3.05) is 42.3 Å². The van der Waals surface area contributed by atoms with Crippen LogP contribution in [0.1, 0.15) is 24.2 Å². The standard InChI is InChI=1S/C21H24N4O3/c1-21(2)20(27)23-17-8-7-16(13-18(17)24-21)22-15-5-3-14(4-6-15)19(26)25-9-11-28-12-10-25/h3-8,13,22,24H,9-12H2,1-2H3,(H,23,27). The molecule has 28 heavy (non-hydrogen) atoms. The van der Waals surface area contributed by atoms with Gasteiger partial charge < -0.3 is 25.6 Å². The van der Waals surface area contributed by atoms with Crippen LogP contribution in [0.3, 0.4) is 0 Å². The van der Waals surface area contributed by atoms with E-state index < -0.39 is 5.54 Å². The van der Waals surface area contributed by atoms with Gasteiger partial charge in [-0.15, -0.1) is 0 Å². The Morgan fingerprint density at radius 2 is 1.71 bits per heavy atom. The zero-order chi connectivity index (χ0) is 19.7. The molecule has 3 N–H and O–H groups in total. The number of hydrogen-bond donors (Lipinski definition) is 3. The number of fused-ring (bicyclic) bond motifs is 1. The molecule has 0 saturated carbocycles. The van der Waals surface area contributed by atoms with Gasteiger partial charge in [0, 0.05) is 30.0 Å². The molecule has 1 saturated heterocycles. The predicted octanol–water partition coefficient (Wildman–Crippen LogP) is 3.05. The van der Waals surface area contributed by atoms with Gasteiger partial charge in [-0.3, -0.25) is 9.59 Å². The minimum Gasteiger partial charge on any atom is -0.378 e. The zero-order valence-corrected chi connectivity index (χ0v) is 16.0. The Morgan fingerprint density at radius 1 is 1.04 bits per heavy atom. The van der Waals surface area contributed by atoms with E-state index in [2.05, 4.69) is 16.0 Å². The molecule has 7 heteroatoms. The number of amides is 2. The smallest absolute Gasteiger partial charge is 0.254 e. The summed E-state index contributed by atoms with van der Waals surface area (Å²) in [5, 5.41) is 9.51. The Morgan fingerprint density at radius 3 is 2.43 bits per heavy atom. The van der Waals surface area contributed by atoms with Crippen LogP contribution in [-0.4, -0.2) is 48.6 Å². The van der Waals surface area contributed by atoms with E-state index in [-0.39, 0.29) is 11.8 Å². The summed E-state index contributed by atoms with van der Waals surface area (Å²) in [6.45, 7) is 6.14. The van der Waals surface area contributed by atoms with Gasteiger partial charge in [-0.25, -0.2) is 0 Å². The molecular weight excluding hydrogens is 356 g/mol. The quantitative estimate of drug-likeness (QED) is 0.762. The van der Waals surface area contributed by atoms with Crippen LogP contribution in [0.5, 0.6) is 0 Å². The van der Waals surface area contributed by atoms with E-state index in [0.717, 1.165) is 22.7 Å². The molecule has 0 spiro atoms. The van der Waals surface area contributed by atoms with Gasteiger partial charge in [0.2, 0.25) is 5.91 Å². The van der Waals surface area contributed by atoms with Crippen molar-refractivity contribution in [3.05, 3.63) is 48.0 Å². The van der Waals surface area contributed by atoms with E-state index >= 15 is 0 Å². The molecule has 2 amide bonds. The van der Waals surface area contributed by atoms with Gasteiger partial charge in [-0.1, -0.05) is 0 Å². The molecule has 0 bridgehead atoms. The van der Waals surface area contributed by atoms with Crippen LogP contribution in [-0.2, 0) is 9.53 Å². The Labute approximate surface area is 164 Å². The first kappa shape index (κ1) is 18.3. The molecule has 1 fully saturated rings. The number of rotatable bonds is 3. The molecule has 0 unspecified atom stereocenters. The molecule has 7 nitrogen and oxygen atoms in total. The number of hydrogen-bond acceptors (Lipinski definition) is 5. The minimum atomic E-state index is -0.660. The van der Waals surface area contributed by atoms with Crippen LogP contribution >= 0.6 is 0 Å². The molecule has 2 aliphatic heterocycles. The summed E-state index contributed by atoms with van der Waals surface area (Å²) >= 11 is 0. The lowest BCUT2D eigenvalue weighted by molar-refractivity contribution is -0.119. The lowest BCUT2D eigenvalue weighted by atomic mass is 10.00. The number of carbonyl (C=O) groups excluding carboxylic acids is 2. The maximum Gasteiger partial charge on any atom is 0.254 e. The maximum absolute atomic E-state index is 12.5. The number of anilines is 4. The second kappa shape index (κ2) is 7.16. The average Bonchev–Trinajstić information content (AvgIpc) is 2.69. The molecule has 0 atom stereocenters. The van der Waals surface area contributed by atoms with Crippen molar-refractivity contribution in [1.82, 2.24) is 4.90 Å². The van der Waals surface area contributed by atoms with Crippen molar-refractivity contribution in [2.24, 2.45) is 0 Å². The second-order valence-electron chi connectivity index (χ2n) is 7.57. The molecular formula is C21H24N4O3. The first-order valence-electron chi connectivity index (χ1n) is 9.40. The predicted molar refractivity (Wildman–Crippen MR) is 109 cm³/mol. The normalized spacial score (nSPS) is 17.9. The van der Waals surface area contributed by atoms with E-state index in [0.29, 0.717) is 31.9 Å². The van der Waals surface area contributed by atoms with Crippen molar-refractivity contribution in [1.29, 1.82) is 0 Å². The Bertz CT molecular complexity index is 902. The van der Waals surface area contributed by atoms with Crippen molar-refractivity contribution in [3.63, 3.8) is 0 Å². The third-order valence-corrected chi connectivity index (χ3v) is 5.00. The van der Waals surface area contributed by atoms with Crippen molar-refractivity contribution in [2.45, 2.75) is 19.4 Å². The first-order valence-corrected chi connectivity index (χ1v) is 9.40. The van der Waals surface area contributed by atoms with Gasteiger partial charge in [0.05, 0.1) is 24.6 Å².